The number of hydrogen-bond acceptors (Lipinski definition) is 2. The quantitative estimate of drug-likeness (QED) is 0.478. The Morgan fingerprint density at radius 3 is 3.20 bits per heavy atom. The molecule has 0 aromatic rings. The van der Waals surface area contributed by atoms with Gasteiger partial charge in [0.05, 0.1) is 2.74 Å². The molecule has 0 aliphatic carbocycles. The second-order valence-corrected chi connectivity index (χ2v) is 0.571. The highest BCUT2D eigenvalue weighted by Gasteiger charge is 1.83. The lowest BCUT2D eigenvalue weighted by Crippen LogP contribution is -1.92. The first-order valence-corrected chi connectivity index (χ1v) is 1.23. The molecular formula is C2H3ClO2. The highest BCUT2D eigenvalue weighted by atomic mass is 35.5. The van der Waals surface area contributed by atoms with E-state index in [0.717, 1.165) is 0 Å². The number of hydrogen-bond donors (Lipinski definition) is 1. The second-order valence-electron chi connectivity index (χ2n) is 0.382. The SMILES string of the molecule is [2H]OC(=O)C([2H])([2H])Cl. The summed E-state index contributed by atoms with van der Waals surface area (Å²) in [6.07, 6.45) is 0. The molecule has 0 unspecified atom stereocenters. The number of carboxylic acids is 1. The molecule has 0 aliphatic rings. The summed E-state index contributed by atoms with van der Waals surface area (Å²) in [7, 11) is 0. The van der Waals surface area contributed by atoms with Crippen molar-refractivity contribution < 1.29 is 12.6 Å². The molecule has 1 N–H and O–H groups in total. The van der Waals surface area contributed by atoms with Crippen molar-refractivity contribution in [1.29, 1.82) is 1.43 Å². The molecule has 0 heterocycles. The second kappa shape index (κ2) is 2.03. The standard InChI is InChI=1S/C2H3ClO2/c3-1-2(4)5/h1H2,(H,4,5)/i1D2/hD. The van der Waals surface area contributed by atoms with Crippen molar-refractivity contribution in [3.63, 3.8) is 0 Å². The molecule has 0 aromatic carbocycles. The van der Waals surface area contributed by atoms with Gasteiger partial charge in [0.25, 0.3) is 1.43 Å². The lowest BCUT2D eigenvalue weighted by atomic mass is 10.8. The van der Waals surface area contributed by atoms with Gasteiger partial charge in [-0.05, 0) is 0 Å². The number of halogens is 1. The Hall–Kier alpha value is -0.240. The summed E-state index contributed by atoms with van der Waals surface area (Å²) in [6, 6.07) is 0. The van der Waals surface area contributed by atoms with Crippen LogP contribution in [0.25, 0.3) is 1.43 Å². The summed E-state index contributed by atoms with van der Waals surface area (Å²) >= 11 is 4.72. The third-order valence-electron chi connectivity index (χ3n) is 0.0772. The van der Waals surface area contributed by atoms with E-state index >= 15 is 0 Å². The van der Waals surface area contributed by atoms with Gasteiger partial charge in [0.2, 0.25) is 0 Å². The van der Waals surface area contributed by atoms with Gasteiger partial charge < -0.3 is 5.11 Å². The zero-order chi connectivity index (χ0) is 6.78. The van der Waals surface area contributed by atoms with E-state index in [9.17, 15) is 4.79 Å². The van der Waals surface area contributed by atoms with Gasteiger partial charge in [0, 0.05) is 0 Å². The van der Waals surface area contributed by atoms with Crippen molar-refractivity contribution in [2.75, 3.05) is 5.83 Å². The van der Waals surface area contributed by atoms with Crippen LogP contribution in [0.4, 0.5) is 0 Å². The monoisotopic (exact) mass is 97.0 g/mol. The minimum absolute atomic E-state index is 1.40. The van der Waals surface area contributed by atoms with Crippen molar-refractivity contribution in [1.82, 2.24) is 0 Å². The van der Waals surface area contributed by atoms with Gasteiger partial charge in [-0.15, -0.1) is 11.6 Å². The van der Waals surface area contributed by atoms with Crippen molar-refractivity contribution in [3.8, 4) is 0 Å². The zero-order valence-corrected chi connectivity index (χ0v) is 2.95. The van der Waals surface area contributed by atoms with Crippen LogP contribution in [0.15, 0.2) is 0 Å². The van der Waals surface area contributed by atoms with Crippen LogP contribution in [0.1, 0.15) is 2.74 Å². The summed E-state index contributed by atoms with van der Waals surface area (Å²) in [5.74, 6) is -3.97. The van der Waals surface area contributed by atoms with Crippen LogP contribution in [0, 0.1) is 0 Å². The van der Waals surface area contributed by atoms with Gasteiger partial charge in [-0.25, -0.2) is 0 Å². The Morgan fingerprint density at radius 1 is 2.60 bits per heavy atom. The van der Waals surface area contributed by atoms with Crippen molar-refractivity contribution in [2.24, 2.45) is 0 Å². The molecule has 0 saturated heterocycles. The maximum Gasteiger partial charge on any atom is 0.318 e. The van der Waals surface area contributed by atoms with E-state index in [1.54, 1.807) is 0 Å². The number of carboxylic acid groups (broad SMARTS) is 1. The number of alkyl halides is 1. The fourth-order valence-corrected chi connectivity index (χ4v) is 0. The highest BCUT2D eigenvalue weighted by Crippen LogP contribution is 1.67. The molecule has 0 saturated carbocycles. The van der Waals surface area contributed by atoms with Gasteiger partial charge in [0.15, 0.2) is 0 Å². The van der Waals surface area contributed by atoms with Crippen molar-refractivity contribution >= 4 is 17.6 Å². The van der Waals surface area contributed by atoms with E-state index in [1.165, 1.54) is 0 Å². The van der Waals surface area contributed by atoms with Gasteiger partial charge in [-0.3, -0.25) is 4.79 Å². The Bertz CT molecular complexity index is 97.9. The van der Waals surface area contributed by atoms with E-state index in [-0.39, 0.29) is 0 Å². The summed E-state index contributed by atoms with van der Waals surface area (Å²) in [5, 5.41) is 3.22. The smallest absolute Gasteiger partial charge is 0.318 e. The van der Waals surface area contributed by atoms with Crippen LogP contribution in [-0.2, 0) is 4.79 Å². The van der Waals surface area contributed by atoms with Gasteiger partial charge in [-0.1, -0.05) is 0 Å². The Labute approximate surface area is 38.7 Å². The first-order chi connectivity index (χ1) is 3.48. The van der Waals surface area contributed by atoms with Crippen LogP contribution < -0.4 is 0 Å². The molecule has 0 aliphatic heterocycles. The third-order valence-corrected chi connectivity index (χ3v) is 0.231. The lowest BCUT2D eigenvalue weighted by Gasteiger charge is -1.69. The molecule has 0 spiro atoms. The number of carbonyl (C=O) groups is 1. The van der Waals surface area contributed by atoms with Crippen LogP contribution >= 0.6 is 11.6 Å². The first kappa shape index (κ1) is 1.47. The normalized spacial score (nSPS) is 18.2. The van der Waals surface area contributed by atoms with Crippen LogP contribution in [0.5, 0.6) is 0 Å². The maximum absolute atomic E-state index is 9.92. The number of rotatable bonds is 1. The third kappa shape index (κ3) is 3.76. The predicted octanol–water partition coefficient (Wildman–Crippen LogP) is 0.310. The van der Waals surface area contributed by atoms with Crippen molar-refractivity contribution in [3.05, 3.63) is 0 Å². The molecule has 0 fully saturated rings. The summed E-state index contributed by atoms with van der Waals surface area (Å²) < 4.78 is 18.6. The Balaban J connectivity index is 3.82. The molecule has 0 aromatic heterocycles. The fraction of sp³-hybridized carbons (Fsp3) is 0.500. The Kier molecular flexibility index (Phi) is 0.597. The van der Waals surface area contributed by atoms with Crippen molar-refractivity contribution in [2.45, 2.75) is 0 Å². The minimum Gasteiger partial charge on any atom is -0.480 e. The average molecular weight is 97.5 g/mol. The summed E-state index contributed by atoms with van der Waals surface area (Å²) in [6.45, 7) is 0. The molecule has 3 heteroatoms. The van der Waals surface area contributed by atoms with E-state index < -0.39 is 11.8 Å². The molecule has 0 radical (unpaired) electrons. The van der Waals surface area contributed by atoms with Crippen LogP contribution in [0.2, 0.25) is 0 Å². The fourth-order valence-electron chi connectivity index (χ4n) is 0. The molecule has 2 nitrogen and oxygen atoms in total. The zero-order valence-electron chi connectivity index (χ0n) is 5.19. The lowest BCUT2D eigenvalue weighted by molar-refractivity contribution is -0.134. The van der Waals surface area contributed by atoms with E-state index in [1.807, 2.05) is 0 Å². The summed E-state index contributed by atoms with van der Waals surface area (Å²) in [4.78, 5) is 9.92. The topological polar surface area (TPSA) is 37.3 Å². The largest absolute Gasteiger partial charge is 0.480 e. The van der Waals surface area contributed by atoms with E-state index in [0.29, 0.717) is 0 Å². The predicted molar refractivity (Wildman–Crippen MR) is 18.4 cm³/mol. The molecular weight excluding hydrogens is 91.5 g/mol. The molecule has 0 amide bonds. The average Bonchev–Trinajstić information content (AvgIpc) is 1.62. The first-order valence-electron chi connectivity index (χ1n) is 2.26. The van der Waals surface area contributed by atoms with Gasteiger partial charge in [0.1, 0.15) is 5.83 Å². The molecule has 0 atom stereocenters. The van der Waals surface area contributed by atoms with E-state index in [4.69, 9.17) is 15.8 Å². The van der Waals surface area contributed by atoms with Crippen LogP contribution in [-0.4, -0.2) is 16.9 Å². The van der Waals surface area contributed by atoms with Gasteiger partial charge in [-0.2, -0.15) is 0 Å². The number of aliphatic carboxylic acids is 1. The maximum atomic E-state index is 9.92. The molecule has 5 heavy (non-hydrogen) atoms. The summed E-state index contributed by atoms with van der Waals surface area (Å²) in [5.41, 5.74) is 0. The molecule has 30 valence electrons. The molecule has 0 rings (SSSR count). The highest BCUT2D eigenvalue weighted by molar-refractivity contribution is 6.26. The minimum atomic E-state index is -2.57. The van der Waals surface area contributed by atoms with Crippen LogP contribution in [0.3, 0.4) is 0 Å². The Morgan fingerprint density at radius 2 is 3.20 bits per heavy atom. The molecule has 0 bridgehead atoms. The van der Waals surface area contributed by atoms with E-state index in [2.05, 4.69) is 5.11 Å². The van der Waals surface area contributed by atoms with Gasteiger partial charge >= 0.3 is 5.97 Å².